The van der Waals surface area contributed by atoms with Crippen molar-refractivity contribution in [2.45, 2.75) is 57.3 Å². The number of imide groups is 1. The molecule has 34 heavy (non-hydrogen) atoms. The van der Waals surface area contributed by atoms with Crippen molar-refractivity contribution in [3.8, 4) is 0 Å². The second-order valence-electron chi connectivity index (χ2n) is 10.1. The lowest BCUT2D eigenvalue weighted by molar-refractivity contribution is -0.136. The highest BCUT2D eigenvalue weighted by Gasteiger charge is 2.46. The number of nitrogens with one attached hydrogen (secondary N) is 3. The number of hydrogen-bond donors (Lipinski definition) is 3. The van der Waals surface area contributed by atoms with Gasteiger partial charge in [0.2, 0.25) is 11.8 Å². The van der Waals surface area contributed by atoms with Gasteiger partial charge in [0.05, 0.1) is 0 Å². The average molecular weight is 459 g/mol. The smallest absolute Gasteiger partial charge is 0.255 e. The third-order valence-corrected chi connectivity index (χ3v) is 8.30. The van der Waals surface area contributed by atoms with Crippen molar-refractivity contribution in [1.82, 2.24) is 20.9 Å². The first-order chi connectivity index (χ1) is 16.6. The standard InChI is InChI=1S/C27H30N4O3/c32-23-9-8-22(25(33)30-23)31-16-21-18(5-3-7-20(21)26(31)34)15-29-24-19-6-2-1-4-17(19)14-27(24)10-12-28-13-11-27/h1-7,22,24,28-29H,8-16H2,(H,30,32,33). The fraction of sp³-hybridized carbons (Fsp3) is 0.444. The zero-order valence-corrected chi connectivity index (χ0v) is 19.2. The molecule has 2 aromatic rings. The minimum atomic E-state index is -0.585. The summed E-state index contributed by atoms with van der Waals surface area (Å²) in [6.07, 6.45) is 4.05. The highest BCUT2D eigenvalue weighted by Crippen LogP contribution is 2.51. The Labute approximate surface area is 199 Å². The Kier molecular flexibility index (Phi) is 5.26. The van der Waals surface area contributed by atoms with Crippen LogP contribution in [0.5, 0.6) is 0 Å². The van der Waals surface area contributed by atoms with Crippen molar-refractivity contribution in [3.05, 3.63) is 70.3 Å². The number of hydrogen-bond acceptors (Lipinski definition) is 5. The summed E-state index contributed by atoms with van der Waals surface area (Å²) in [6.45, 7) is 3.17. The quantitative estimate of drug-likeness (QED) is 0.612. The molecule has 2 atom stereocenters. The molecule has 7 heteroatoms. The summed E-state index contributed by atoms with van der Waals surface area (Å²) in [5.41, 5.74) is 5.84. The van der Waals surface area contributed by atoms with Crippen LogP contribution in [0.25, 0.3) is 0 Å². The van der Waals surface area contributed by atoms with Crippen molar-refractivity contribution in [1.29, 1.82) is 0 Å². The van der Waals surface area contributed by atoms with Gasteiger partial charge in [-0.25, -0.2) is 0 Å². The Balaban J connectivity index is 1.25. The maximum absolute atomic E-state index is 13.2. The number of benzene rings is 2. The number of carbonyl (C=O) groups is 3. The summed E-state index contributed by atoms with van der Waals surface area (Å²) in [5.74, 6) is -0.751. The van der Waals surface area contributed by atoms with Crippen molar-refractivity contribution < 1.29 is 14.4 Å². The molecule has 3 heterocycles. The predicted octanol–water partition coefficient (Wildman–Crippen LogP) is 2.20. The molecular weight excluding hydrogens is 428 g/mol. The van der Waals surface area contributed by atoms with Crippen LogP contribution in [-0.4, -0.2) is 41.8 Å². The van der Waals surface area contributed by atoms with Gasteiger partial charge in [0.15, 0.2) is 0 Å². The maximum atomic E-state index is 13.2. The number of amides is 3. The van der Waals surface area contributed by atoms with Crippen molar-refractivity contribution in [2.75, 3.05) is 13.1 Å². The fourth-order valence-corrected chi connectivity index (χ4v) is 6.53. The van der Waals surface area contributed by atoms with Gasteiger partial charge in [-0.05, 0) is 72.5 Å². The largest absolute Gasteiger partial charge is 0.322 e. The molecule has 2 fully saturated rings. The lowest BCUT2D eigenvalue weighted by Gasteiger charge is -2.40. The highest BCUT2D eigenvalue weighted by atomic mass is 16.2. The van der Waals surface area contributed by atoms with Crippen LogP contribution in [0.15, 0.2) is 42.5 Å². The monoisotopic (exact) mass is 458 g/mol. The minimum Gasteiger partial charge on any atom is -0.322 e. The molecule has 0 aromatic heterocycles. The lowest BCUT2D eigenvalue weighted by atomic mass is 9.73. The summed E-state index contributed by atoms with van der Waals surface area (Å²) in [4.78, 5) is 38.8. The van der Waals surface area contributed by atoms with E-state index in [2.05, 4.69) is 46.3 Å². The zero-order valence-electron chi connectivity index (χ0n) is 19.2. The molecule has 3 aliphatic heterocycles. The Hall–Kier alpha value is -3.03. The van der Waals surface area contributed by atoms with Gasteiger partial charge in [0, 0.05) is 31.1 Å². The third kappa shape index (κ3) is 3.46. The molecule has 2 unspecified atom stereocenters. The summed E-state index contributed by atoms with van der Waals surface area (Å²) in [7, 11) is 0. The van der Waals surface area contributed by atoms with Gasteiger partial charge >= 0.3 is 0 Å². The van der Waals surface area contributed by atoms with Gasteiger partial charge in [-0.15, -0.1) is 0 Å². The molecule has 4 aliphatic rings. The molecule has 176 valence electrons. The highest BCUT2D eigenvalue weighted by molar-refractivity contribution is 6.05. The van der Waals surface area contributed by atoms with E-state index in [1.165, 1.54) is 11.1 Å². The Morgan fingerprint density at radius 3 is 2.68 bits per heavy atom. The molecule has 3 N–H and O–H groups in total. The maximum Gasteiger partial charge on any atom is 0.255 e. The van der Waals surface area contributed by atoms with E-state index >= 15 is 0 Å². The molecule has 0 saturated carbocycles. The Bertz CT molecular complexity index is 1170. The third-order valence-electron chi connectivity index (χ3n) is 8.30. The summed E-state index contributed by atoms with van der Waals surface area (Å²) >= 11 is 0. The van der Waals surface area contributed by atoms with Crippen LogP contribution < -0.4 is 16.0 Å². The summed E-state index contributed by atoms with van der Waals surface area (Å²) < 4.78 is 0. The van der Waals surface area contributed by atoms with Gasteiger partial charge < -0.3 is 15.5 Å². The van der Waals surface area contributed by atoms with Crippen molar-refractivity contribution in [2.24, 2.45) is 5.41 Å². The van der Waals surface area contributed by atoms with E-state index in [-0.39, 0.29) is 35.6 Å². The van der Waals surface area contributed by atoms with Gasteiger partial charge in [-0.2, -0.15) is 0 Å². The van der Waals surface area contributed by atoms with E-state index in [1.54, 1.807) is 4.90 Å². The van der Waals surface area contributed by atoms with E-state index in [9.17, 15) is 14.4 Å². The van der Waals surface area contributed by atoms with Crippen LogP contribution >= 0.6 is 0 Å². The van der Waals surface area contributed by atoms with E-state index in [0.29, 0.717) is 25.1 Å². The first-order valence-corrected chi connectivity index (χ1v) is 12.3. The lowest BCUT2D eigenvalue weighted by Crippen LogP contribution is -2.52. The number of rotatable bonds is 4. The molecular formula is C27H30N4O3. The molecule has 1 aliphatic carbocycles. The molecule has 2 saturated heterocycles. The summed E-state index contributed by atoms with van der Waals surface area (Å²) in [5, 5.41) is 9.78. The molecule has 6 rings (SSSR count). The molecule has 0 bridgehead atoms. The van der Waals surface area contributed by atoms with Crippen LogP contribution in [-0.2, 0) is 29.1 Å². The molecule has 1 spiro atoms. The van der Waals surface area contributed by atoms with E-state index in [4.69, 9.17) is 0 Å². The van der Waals surface area contributed by atoms with Crippen molar-refractivity contribution in [3.63, 3.8) is 0 Å². The Morgan fingerprint density at radius 1 is 1.03 bits per heavy atom. The van der Waals surface area contributed by atoms with Gasteiger partial charge in [-0.1, -0.05) is 36.4 Å². The van der Waals surface area contributed by atoms with Crippen LogP contribution in [0.1, 0.15) is 64.3 Å². The second kappa shape index (κ2) is 8.32. The topological polar surface area (TPSA) is 90.5 Å². The number of piperidine rings is 2. The molecule has 0 radical (unpaired) electrons. The molecule has 2 aromatic carbocycles. The van der Waals surface area contributed by atoms with Crippen molar-refractivity contribution >= 4 is 17.7 Å². The van der Waals surface area contributed by atoms with Crippen LogP contribution in [0, 0.1) is 5.41 Å². The second-order valence-corrected chi connectivity index (χ2v) is 10.1. The minimum absolute atomic E-state index is 0.118. The molecule has 3 amide bonds. The van der Waals surface area contributed by atoms with Gasteiger partial charge in [-0.3, -0.25) is 19.7 Å². The van der Waals surface area contributed by atoms with E-state index in [0.717, 1.165) is 43.5 Å². The van der Waals surface area contributed by atoms with Crippen LogP contribution in [0.3, 0.4) is 0 Å². The van der Waals surface area contributed by atoms with E-state index < -0.39 is 6.04 Å². The number of nitrogens with zero attached hydrogens (tertiary/aromatic N) is 1. The zero-order chi connectivity index (χ0) is 23.3. The van der Waals surface area contributed by atoms with Gasteiger partial charge in [0.25, 0.3) is 5.91 Å². The summed E-state index contributed by atoms with van der Waals surface area (Å²) in [6, 6.07) is 14.4. The van der Waals surface area contributed by atoms with Crippen LogP contribution in [0.4, 0.5) is 0 Å². The van der Waals surface area contributed by atoms with Gasteiger partial charge in [0.1, 0.15) is 6.04 Å². The number of carbonyl (C=O) groups excluding carboxylic acids is 3. The molecule has 7 nitrogen and oxygen atoms in total. The first-order valence-electron chi connectivity index (χ1n) is 12.3. The first kappa shape index (κ1) is 21.5. The average Bonchev–Trinajstić information content (AvgIpc) is 3.33. The fourth-order valence-electron chi connectivity index (χ4n) is 6.53. The Morgan fingerprint density at radius 2 is 1.85 bits per heavy atom. The predicted molar refractivity (Wildman–Crippen MR) is 127 cm³/mol. The number of fused-ring (bicyclic) bond motifs is 2. The SMILES string of the molecule is O=C1CCC(N2Cc3c(CNC4c5ccccc5CC45CCNCC5)cccc3C2=O)C(=O)N1. The van der Waals surface area contributed by atoms with Crippen LogP contribution in [0.2, 0.25) is 0 Å². The normalized spacial score (nSPS) is 25.4. The van der Waals surface area contributed by atoms with E-state index in [1.807, 2.05) is 12.1 Å².